The third kappa shape index (κ3) is 3.62. The molecule has 1 amide bonds. The molecular weight excluding hydrogens is 254 g/mol. The molecule has 5 heteroatoms. The van der Waals surface area contributed by atoms with Crippen LogP contribution in [0, 0.1) is 0 Å². The van der Waals surface area contributed by atoms with Gasteiger partial charge in [-0.3, -0.25) is 4.79 Å². The van der Waals surface area contributed by atoms with Crippen LogP contribution in [-0.4, -0.2) is 42.2 Å². The van der Waals surface area contributed by atoms with Crippen molar-refractivity contribution in [1.82, 2.24) is 4.90 Å². The maximum absolute atomic E-state index is 12.3. The van der Waals surface area contributed by atoms with Gasteiger partial charge in [-0.25, -0.2) is 0 Å². The van der Waals surface area contributed by atoms with E-state index in [4.69, 9.17) is 21.4 Å². The average molecular weight is 272 g/mol. The van der Waals surface area contributed by atoms with Gasteiger partial charge in [0.25, 0.3) is 5.91 Å². The largest absolute Gasteiger partial charge is 0.493 e. The van der Waals surface area contributed by atoms with Crippen LogP contribution in [0.25, 0.3) is 0 Å². The Hall–Kier alpha value is -1.26. The van der Waals surface area contributed by atoms with Gasteiger partial charge >= 0.3 is 0 Å². The van der Waals surface area contributed by atoms with E-state index in [0.29, 0.717) is 36.0 Å². The number of hydrogen-bond acceptors (Lipinski definition) is 3. The third-order valence-electron chi connectivity index (χ3n) is 2.51. The normalized spacial score (nSPS) is 10.2. The molecule has 18 heavy (non-hydrogen) atoms. The second-order valence-corrected chi connectivity index (χ2v) is 4.12. The zero-order valence-electron chi connectivity index (χ0n) is 10.6. The van der Waals surface area contributed by atoms with Crippen molar-refractivity contribution >= 4 is 17.5 Å². The van der Waals surface area contributed by atoms with Crippen LogP contribution in [-0.2, 0) is 0 Å². The van der Waals surface area contributed by atoms with E-state index >= 15 is 0 Å². The molecule has 0 aliphatic heterocycles. The fourth-order valence-corrected chi connectivity index (χ4v) is 1.80. The molecule has 1 aromatic rings. The number of hydrogen-bond donors (Lipinski definition) is 1. The van der Waals surface area contributed by atoms with Crippen LogP contribution < -0.4 is 4.74 Å². The highest BCUT2D eigenvalue weighted by Gasteiger charge is 2.18. The van der Waals surface area contributed by atoms with Crippen molar-refractivity contribution in [2.24, 2.45) is 0 Å². The first-order chi connectivity index (χ1) is 8.63. The highest BCUT2D eigenvalue weighted by Crippen LogP contribution is 2.24. The maximum atomic E-state index is 12.3. The molecule has 0 heterocycles. The lowest BCUT2D eigenvalue weighted by atomic mass is 10.1. The standard InChI is InChI=1S/C13H18ClNO3/c1-3-15(7-8-16)13(17)11-6-5-10(14)9-12(11)18-4-2/h5-6,9,16H,3-4,7-8H2,1-2H3. The summed E-state index contributed by atoms with van der Waals surface area (Å²) in [5.74, 6) is 0.318. The van der Waals surface area contributed by atoms with Crippen LogP contribution in [0.4, 0.5) is 0 Å². The molecule has 0 unspecified atom stereocenters. The van der Waals surface area contributed by atoms with Gasteiger partial charge in [0.05, 0.1) is 18.8 Å². The minimum Gasteiger partial charge on any atom is -0.493 e. The van der Waals surface area contributed by atoms with Crippen molar-refractivity contribution in [2.45, 2.75) is 13.8 Å². The summed E-state index contributed by atoms with van der Waals surface area (Å²) in [4.78, 5) is 13.8. The average Bonchev–Trinajstić information content (AvgIpc) is 2.36. The highest BCUT2D eigenvalue weighted by atomic mass is 35.5. The lowest BCUT2D eigenvalue weighted by Gasteiger charge is -2.21. The summed E-state index contributed by atoms with van der Waals surface area (Å²) in [5, 5.41) is 9.46. The fraction of sp³-hybridized carbons (Fsp3) is 0.462. The van der Waals surface area contributed by atoms with Gasteiger partial charge < -0.3 is 14.7 Å². The summed E-state index contributed by atoms with van der Waals surface area (Å²) in [6.07, 6.45) is 0. The van der Waals surface area contributed by atoms with Gasteiger partial charge in [0.2, 0.25) is 0 Å². The smallest absolute Gasteiger partial charge is 0.257 e. The molecule has 0 spiro atoms. The summed E-state index contributed by atoms with van der Waals surface area (Å²) in [7, 11) is 0. The minimum atomic E-state index is -0.160. The number of carbonyl (C=O) groups excluding carboxylic acids is 1. The SMILES string of the molecule is CCOc1cc(Cl)ccc1C(=O)N(CC)CCO. The van der Waals surface area contributed by atoms with Gasteiger partial charge in [-0.15, -0.1) is 0 Å². The molecule has 0 aromatic heterocycles. The molecule has 0 radical (unpaired) electrons. The monoisotopic (exact) mass is 271 g/mol. The van der Waals surface area contributed by atoms with Crippen LogP contribution in [0.1, 0.15) is 24.2 Å². The van der Waals surface area contributed by atoms with Gasteiger partial charge in [0, 0.05) is 18.1 Å². The van der Waals surface area contributed by atoms with Crippen molar-refractivity contribution in [1.29, 1.82) is 0 Å². The number of likely N-dealkylation sites (N-methyl/N-ethyl adjacent to an activating group) is 1. The Morgan fingerprint density at radius 3 is 2.72 bits per heavy atom. The van der Waals surface area contributed by atoms with E-state index in [0.717, 1.165) is 0 Å². The lowest BCUT2D eigenvalue weighted by molar-refractivity contribution is 0.0728. The second kappa shape index (κ2) is 7.24. The number of aliphatic hydroxyl groups excluding tert-OH is 1. The molecule has 4 nitrogen and oxygen atoms in total. The molecule has 0 aliphatic carbocycles. The van der Waals surface area contributed by atoms with E-state index < -0.39 is 0 Å². The van der Waals surface area contributed by atoms with Crippen molar-refractivity contribution in [3.8, 4) is 5.75 Å². The second-order valence-electron chi connectivity index (χ2n) is 3.68. The zero-order chi connectivity index (χ0) is 13.5. The van der Waals surface area contributed by atoms with Crippen molar-refractivity contribution < 1.29 is 14.6 Å². The molecule has 1 aromatic carbocycles. The Bertz CT molecular complexity index is 409. The first kappa shape index (κ1) is 14.8. The van der Waals surface area contributed by atoms with Crippen LogP contribution in [0.15, 0.2) is 18.2 Å². The number of ether oxygens (including phenoxy) is 1. The van der Waals surface area contributed by atoms with Crippen LogP contribution in [0.5, 0.6) is 5.75 Å². The molecule has 0 saturated carbocycles. The van der Waals surface area contributed by atoms with E-state index in [2.05, 4.69) is 0 Å². The Morgan fingerprint density at radius 2 is 2.17 bits per heavy atom. The maximum Gasteiger partial charge on any atom is 0.257 e. The van der Waals surface area contributed by atoms with Crippen LogP contribution in [0.2, 0.25) is 5.02 Å². The molecule has 1 N–H and O–H groups in total. The predicted octanol–water partition coefficient (Wildman–Crippen LogP) is 2.19. The molecule has 100 valence electrons. The number of amides is 1. The summed E-state index contributed by atoms with van der Waals surface area (Å²) in [6.45, 7) is 4.96. The summed E-state index contributed by atoms with van der Waals surface area (Å²) >= 11 is 5.89. The zero-order valence-corrected chi connectivity index (χ0v) is 11.4. The van der Waals surface area contributed by atoms with E-state index in [9.17, 15) is 4.79 Å². The molecule has 0 fully saturated rings. The number of carbonyl (C=O) groups is 1. The minimum absolute atomic E-state index is 0.0584. The van der Waals surface area contributed by atoms with Crippen LogP contribution in [0.3, 0.4) is 0 Å². The Kier molecular flexibility index (Phi) is 5.95. The molecule has 0 bridgehead atoms. The Balaban J connectivity index is 3.03. The molecule has 0 atom stereocenters. The van der Waals surface area contributed by atoms with Gasteiger partial charge in [-0.2, -0.15) is 0 Å². The van der Waals surface area contributed by atoms with Gasteiger partial charge in [-0.05, 0) is 32.0 Å². The number of benzene rings is 1. The fourth-order valence-electron chi connectivity index (χ4n) is 1.64. The number of rotatable bonds is 6. The summed E-state index contributed by atoms with van der Waals surface area (Å²) < 4.78 is 5.42. The van der Waals surface area contributed by atoms with Crippen molar-refractivity contribution in [3.05, 3.63) is 28.8 Å². The number of halogens is 1. The molecular formula is C13H18ClNO3. The Morgan fingerprint density at radius 1 is 1.44 bits per heavy atom. The molecule has 1 rings (SSSR count). The van der Waals surface area contributed by atoms with Crippen LogP contribution >= 0.6 is 11.6 Å². The van der Waals surface area contributed by atoms with Crippen molar-refractivity contribution in [2.75, 3.05) is 26.3 Å². The first-order valence-corrected chi connectivity index (χ1v) is 6.34. The van der Waals surface area contributed by atoms with Crippen molar-refractivity contribution in [3.63, 3.8) is 0 Å². The lowest BCUT2D eigenvalue weighted by Crippen LogP contribution is -2.33. The quantitative estimate of drug-likeness (QED) is 0.863. The van der Waals surface area contributed by atoms with E-state index in [-0.39, 0.29) is 12.5 Å². The predicted molar refractivity (Wildman–Crippen MR) is 71.3 cm³/mol. The molecule has 0 saturated heterocycles. The summed E-state index contributed by atoms with van der Waals surface area (Å²) in [5.41, 5.74) is 0.469. The third-order valence-corrected chi connectivity index (χ3v) is 2.75. The number of aliphatic hydroxyl groups is 1. The Labute approximate surface area is 112 Å². The highest BCUT2D eigenvalue weighted by molar-refractivity contribution is 6.30. The van der Waals surface area contributed by atoms with Gasteiger partial charge in [0.15, 0.2) is 0 Å². The summed E-state index contributed by atoms with van der Waals surface area (Å²) in [6, 6.07) is 4.94. The van der Waals surface area contributed by atoms with E-state index in [1.807, 2.05) is 13.8 Å². The number of nitrogens with zero attached hydrogens (tertiary/aromatic N) is 1. The van der Waals surface area contributed by atoms with Gasteiger partial charge in [0.1, 0.15) is 5.75 Å². The first-order valence-electron chi connectivity index (χ1n) is 5.96. The van der Waals surface area contributed by atoms with Gasteiger partial charge in [-0.1, -0.05) is 11.6 Å². The topological polar surface area (TPSA) is 49.8 Å². The molecule has 0 aliphatic rings. The van der Waals surface area contributed by atoms with E-state index in [1.54, 1.807) is 23.1 Å². The van der Waals surface area contributed by atoms with E-state index in [1.165, 1.54) is 0 Å².